The Morgan fingerprint density at radius 2 is 2.17 bits per heavy atom. The van der Waals surface area contributed by atoms with Crippen LogP contribution in [0.4, 0.5) is 23.7 Å². The minimum atomic E-state index is -4.61. The zero-order valence-corrected chi connectivity index (χ0v) is 13.0. The van der Waals surface area contributed by atoms with Gasteiger partial charge in [-0.2, -0.15) is 18.3 Å². The van der Waals surface area contributed by atoms with E-state index in [1.54, 1.807) is 6.92 Å². The van der Waals surface area contributed by atoms with Crippen molar-refractivity contribution in [2.45, 2.75) is 19.1 Å². The van der Waals surface area contributed by atoms with Crippen LogP contribution in [-0.2, 0) is 10.9 Å². The second-order valence-corrected chi connectivity index (χ2v) is 5.02. The lowest BCUT2D eigenvalue weighted by molar-refractivity contribution is -0.137. The molecule has 0 spiro atoms. The SMILES string of the molecule is COC[C@@H](C)NC(=O)Nc1ccc(-n2cncn2)c(C(F)(F)F)c1. The van der Waals surface area contributed by atoms with Gasteiger partial charge in [0.1, 0.15) is 12.7 Å². The molecule has 2 N–H and O–H groups in total. The van der Waals surface area contributed by atoms with E-state index in [1.165, 1.54) is 19.2 Å². The van der Waals surface area contributed by atoms with Gasteiger partial charge in [-0.05, 0) is 25.1 Å². The molecule has 0 saturated carbocycles. The number of nitrogens with one attached hydrogen (secondary N) is 2. The van der Waals surface area contributed by atoms with Gasteiger partial charge in [-0.25, -0.2) is 14.5 Å². The zero-order chi connectivity index (χ0) is 17.7. The number of urea groups is 1. The number of methoxy groups -OCH3 is 1. The fourth-order valence-electron chi connectivity index (χ4n) is 2.06. The Hall–Kier alpha value is -2.62. The molecule has 0 aliphatic carbocycles. The summed E-state index contributed by atoms with van der Waals surface area (Å²) in [5, 5.41) is 8.61. The van der Waals surface area contributed by atoms with Crippen LogP contribution in [0, 0.1) is 0 Å². The summed E-state index contributed by atoms with van der Waals surface area (Å²) in [7, 11) is 1.48. The molecule has 0 unspecified atom stereocenters. The average Bonchev–Trinajstić information content (AvgIpc) is 3.00. The number of hydrogen-bond acceptors (Lipinski definition) is 4. The van der Waals surface area contributed by atoms with Gasteiger partial charge >= 0.3 is 12.2 Å². The number of carbonyl (C=O) groups is 1. The van der Waals surface area contributed by atoms with E-state index in [0.717, 1.165) is 23.4 Å². The van der Waals surface area contributed by atoms with Gasteiger partial charge in [0.2, 0.25) is 0 Å². The number of hydrogen-bond donors (Lipinski definition) is 2. The lowest BCUT2D eigenvalue weighted by atomic mass is 10.1. The molecule has 10 heteroatoms. The molecule has 0 radical (unpaired) electrons. The molecule has 1 atom stereocenters. The van der Waals surface area contributed by atoms with Crippen LogP contribution in [0.25, 0.3) is 5.69 Å². The van der Waals surface area contributed by atoms with Crippen molar-refractivity contribution in [3.8, 4) is 5.69 Å². The third-order valence-corrected chi connectivity index (χ3v) is 3.02. The monoisotopic (exact) mass is 343 g/mol. The standard InChI is InChI=1S/C14H16F3N5O2/c1-9(6-24-2)20-13(23)21-10-3-4-12(22-8-18-7-19-22)11(5-10)14(15,16)17/h3-5,7-9H,6H2,1-2H3,(H2,20,21,23)/t9-/m1/s1. The van der Waals surface area contributed by atoms with Crippen LogP contribution in [0.15, 0.2) is 30.9 Å². The van der Waals surface area contributed by atoms with Crippen molar-refractivity contribution in [1.82, 2.24) is 20.1 Å². The first-order valence-electron chi connectivity index (χ1n) is 6.94. The minimum absolute atomic E-state index is 0.00769. The van der Waals surface area contributed by atoms with E-state index in [2.05, 4.69) is 20.7 Å². The molecule has 24 heavy (non-hydrogen) atoms. The molecule has 1 heterocycles. The van der Waals surface area contributed by atoms with Gasteiger partial charge in [0.05, 0.1) is 23.9 Å². The molecule has 0 bridgehead atoms. The van der Waals surface area contributed by atoms with Crippen molar-refractivity contribution in [1.29, 1.82) is 0 Å². The van der Waals surface area contributed by atoms with E-state index < -0.39 is 17.8 Å². The Morgan fingerprint density at radius 3 is 2.75 bits per heavy atom. The highest BCUT2D eigenvalue weighted by molar-refractivity contribution is 5.89. The van der Waals surface area contributed by atoms with Crippen LogP contribution >= 0.6 is 0 Å². The quantitative estimate of drug-likeness (QED) is 0.874. The maximum atomic E-state index is 13.3. The summed E-state index contributed by atoms with van der Waals surface area (Å²) in [6, 6.07) is 2.50. The average molecular weight is 343 g/mol. The number of aromatic nitrogens is 3. The summed E-state index contributed by atoms with van der Waals surface area (Å²) in [6.45, 7) is 1.99. The molecule has 0 aliphatic heterocycles. The summed E-state index contributed by atoms with van der Waals surface area (Å²) in [4.78, 5) is 15.4. The Morgan fingerprint density at radius 1 is 1.42 bits per heavy atom. The summed E-state index contributed by atoms with van der Waals surface area (Å²) >= 11 is 0. The molecule has 0 aliphatic rings. The molecule has 7 nitrogen and oxygen atoms in total. The molecule has 0 fully saturated rings. The number of nitrogens with zero attached hydrogens (tertiary/aromatic N) is 3. The van der Waals surface area contributed by atoms with Crippen LogP contribution in [0.3, 0.4) is 0 Å². The smallest absolute Gasteiger partial charge is 0.383 e. The maximum absolute atomic E-state index is 13.3. The molecule has 2 rings (SSSR count). The predicted octanol–water partition coefficient (Wildman–Crippen LogP) is 2.44. The maximum Gasteiger partial charge on any atom is 0.418 e. The Balaban J connectivity index is 2.22. The summed E-state index contributed by atoms with van der Waals surface area (Å²) in [6.07, 6.45) is -2.31. The van der Waals surface area contributed by atoms with Crippen molar-refractivity contribution in [2.75, 3.05) is 19.0 Å². The van der Waals surface area contributed by atoms with Gasteiger partial charge in [0.15, 0.2) is 0 Å². The molecule has 2 amide bonds. The van der Waals surface area contributed by atoms with Gasteiger partial charge in [-0.15, -0.1) is 0 Å². The lowest BCUT2D eigenvalue weighted by Crippen LogP contribution is -2.38. The summed E-state index contributed by atoms with van der Waals surface area (Å²) in [5.74, 6) is 0. The number of alkyl halides is 3. The fourth-order valence-corrected chi connectivity index (χ4v) is 2.06. The van der Waals surface area contributed by atoms with Gasteiger partial charge in [0, 0.05) is 12.8 Å². The number of rotatable bonds is 5. The highest BCUT2D eigenvalue weighted by Gasteiger charge is 2.34. The van der Waals surface area contributed by atoms with Crippen molar-refractivity contribution >= 4 is 11.7 Å². The number of benzene rings is 1. The van der Waals surface area contributed by atoms with E-state index >= 15 is 0 Å². The predicted molar refractivity (Wildman–Crippen MR) is 79.9 cm³/mol. The Bertz CT molecular complexity index is 688. The van der Waals surface area contributed by atoms with Gasteiger partial charge in [0.25, 0.3) is 0 Å². The van der Waals surface area contributed by atoms with Crippen LogP contribution in [-0.4, -0.2) is 40.6 Å². The van der Waals surface area contributed by atoms with Crippen molar-refractivity contribution in [3.05, 3.63) is 36.4 Å². The van der Waals surface area contributed by atoms with Crippen LogP contribution < -0.4 is 10.6 Å². The van der Waals surface area contributed by atoms with Gasteiger partial charge in [-0.1, -0.05) is 0 Å². The van der Waals surface area contributed by atoms with Gasteiger partial charge < -0.3 is 15.4 Å². The molecule has 1 aromatic carbocycles. The molecule has 130 valence electrons. The normalized spacial score (nSPS) is 12.7. The number of amides is 2. The highest BCUT2D eigenvalue weighted by atomic mass is 19.4. The van der Waals surface area contributed by atoms with Crippen LogP contribution in [0.5, 0.6) is 0 Å². The Labute approximate surface area is 135 Å². The zero-order valence-electron chi connectivity index (χ0n) is 13.0. The fraction of sp³-hybridized carbons (Fsp3) is 0.357. The number of halogens is 3. The molecule has 0 saturated heterocycles. The van der Waals surface area contributed by atoms with Crippen molar-refractivity contribution < 1.29 is 22.7 Å². The Kier molecular flexibility index (Phi) is 5.39. The van der Waals surface area contributed by atoms with Crippen molar-refractivity contribution in [2.24, 2.45) is 0 Å². The van der Waals surface area contributed by atoms with Gasteiger partial charge in [-0.3, -0.25) is 0 Å². The summed E-state index contributed by atoms with van der Waals surface area (Å²) in [5.41, 5.74) is -1.11. The molecule has 1 aromatic heterocycles. The third-order valence-electron chi connectivity index (χ3n) is 3.02. The van der Waals surface area contributed by atoms with E-state index in [-0.39, 0.29) is 24.0 Å². The third kappa shape index (κ3) is 4.44. The highest BCUT2D eigenvalue weighted by Crippen LogP contribution is 2.35. The first kappa shape index (κ1) is 17.7. The van der Waals surface area contributed by atoms with E-state index in [9.17, 15) is 18.0 Å². The molecular weight excluding hydrogens is 327 g/mol. The largest absolute Gasteiger partial charge is 0.418 e. The van der Waals surface area contributed by atoms with E-state index in [4.69, 9.17) is 4.74 Å². The first-order valence-corrected chi connectivity index (χ1v) is 6.94. The van der Waals surface area contributed by atoms with Crippen LogP contribution in [0.1, 0.15) is 12.5 Å². The second kappa shape index (κ2) is 7.30. The topological polar surface area (TPSA) is 81.1 Å². The molecular formula is C14H16F3N5O2. The second-order valence-electron chi connectivity index (χ2n) is 5.02. The van der Waals surface area contributed by atoms with E-state index in [0.29, 0.717) is 0 Å². The number of anilines is 1. The summed E-state index contributed by atoms with van der Waals surface area (Å²) < 4.78 is 45.7. The number of ether oxygens (including phenoxy) is 1. The van der Waals surface area contributed by atoms with E-state index in [1.807, 2.05) is 0 Å². The molecule has 2 aromatic rings. The lowest BCUT2D eigenvalue weighted by Gasteiger charge is -2.16. The minimum Gasteiger partial charge on any atom is -0.383 e. The number of carbonyl (C=O) groups excluding carboxylic acids is 1. The van der Waals surface area contributed by atoms with Crippen molar-refractivity contribution in [3.63, 3.8) is 0 Å². The van der Waals surface area contributed by atoms with Crippen LogP contribution in [0.2, 0.25) is 0 Å². The first-order chi connectivity index (χ1) is 11.3.